The summed E-state index contributed by atoms with van der Waals surface area (Å²) >= 11 is 3.38. The highest BCUT2D eigenvalue weighted by atomic mass is 79.9. The smallest absolute Gasteiger partial charge is 0.169 e. The molecule has 0 radical (unpaired) electrons. The van der Waals surface area contributed by atoms with Crippen molar-refractivity contribution in [1.82, 2.24) is 5.32 Å². The molecule has 1 N–H and O–H groups in total. The number of nitrogens with one attached hydrogen (secondary N) is 1. The van der Waals surface area contributed by atoms with Crippen LogP contribution in [-0.2, 0) is 13.0 Å². The zero-order valence-electron chi connectivity index (χ0n) is 11.3. The summed E-state index contributed by atoms with van der Waals surface area (Å²) in [5.74, 6) is -0.0662. The highest BCUT2D eigenvalue weighted by molar-refractivity contribution is 9.10. The fourth-order valence-electron chi connectivity index (χ4n) is 1.89. The van der Waals surface area contributed by atoms with E-state index in [0.29, 0.717) is 11.1 Å². The van der Waals surface area contributed by atoms with Crippen LogP contribution in [0.2, 0.25) is 0 Å². The SMILES string of the molecule is CNCCc1cc(F)c(OCc2ccccc2)c(Br)c1. The molecular formula is C16H17BrFNO. The van der Waals surface area contributed by atoms with Crippen LogP contribution < -0.4 is 10.1 Å². The van der Waals surface area contributed by atoms with E-state index in [1.54, 1.807) is 0 Å². The van der Waals surface area contributed by atoms with Crippen LogP contribution in [0.25, 0.3) is 0 Å². The van der Waals surface area contributed by atoms with Crippen molar-refractivity contribution in [3.05, 3.63) is 63.9 Å². The fourth-order valence-corrected chi connectivity index (χ4v) is 2.49. The zero-order chi connectivity index (χ0) is 14.4. The van der Waals surface area contributed by atoms with E-state index in [0.717, 1.165) is 24.1 Å². The van der Waals surface area contributed by atoms with Crippen LogP contribution >= 0.6 is 15.9 Å². The molecule has 20 heavy (non-hydrogen) atoms. The topological polar surface area (TPSA) is 21.3 Å². The summed E-state index contributed by atoms with van der Waals surface area (Å²) in [5, 5.41) is 3.05. The Morgan fingerprint density at radius 1 is 1.15 bits per heavy atom. The molecule has 0 saturated carbocycles. The van der Waals surface area contributed by atoms with Gasteiger partial charge in [-0.25, -0.2) is 4.39 Å². The molecule has 0 bridgehead atoms. The first-order chi connectivity index (χ1) is 9.70. The van der Waals surface area contributed by atoms with E-state index in [1.807, 2.05) is 43.4 Å². The van der Waals surface area contributed by atoms with Gasteiger partial charge in [0.05, 0.1) is 4.47 Å². The third-order valence-electron chi connectivity index (χ3n) is 2.95. The van der Waals surface area contributed by atoms with Gasteiger partial charge in [0.25, 0.3) is 0 Å². The van der Waals surface area contributed by atoms with Gasteiger partial charge in [-0.05, 0) is 59.2 Å². The maximum atomic E-state index is 14.1. The van der Waals surface area contributed by atoms with Gasteiger partial charge in [0.1, 0.15) is 6.61 Å². The fraction of sp³-hybridized carbons (Fsp3) is 0.250. The molecule has 0 unspecified atom stereocenters. The van der Waals surface area contributed by atoms with E-state index in [1.165, 1.54) is 6.07 Å². The molecule has 0 atom stereocenters. The average Bonchev–Trinajstić information content (AvgIpc) is 2.45. The highest BCUT2D eigenvalue weighted by Crippen LogP contribution is 2.30. The van der Waals surface area contributed by atoms with E-state index < -0.39 is 0 Å². The van der Waals surface area contributed by atoms with Crippen molar-refractivity contribution < 1.29 is 9.13 Å². The van der Waals surface area contributed by atoms with Crippen LogP contribution in [0.15, 0.2) is 46.9 Å². The van der Waals surface area contributed by atoms with Crippen molar-refractivity contribution in [1.29, 1.82) is 0 Å². The van der Waals surface area contributed by atoms with Gasteiger partial charge in [-0.1, -0.05) is 30.3 Å². The Hall–Kier alpha value is -1.39. The summed E-state index contributed by atoms with van der Waals surface area (Å²) in [6.07, 6.45) is 0.783. The number of hydrogen-bond acceptors (Lipinski definition) is 2. The summed E-state index contributed by atoms with van der Waals surface area (Å²) in [7, 11) is 1.88. The van der Waals surface area contributed by atoms with Crippen molar-refractivity contribution in [3.8, 4) is 5.75 Å². The molecule has 2 nitrogen and oxygen atoms in total. The van der Waals surface area contributed by atoms with E-state index >= 15 is 0 Å². The Kier molecular flexibility index (Phi) is 5.56. The van der Waals surface area contributed by atoms with Crippen molar-refractivity contribution in [2.24, 2.45) is 0 Å². The molecule has 2 rings (SSSR count). The van der Waals surface area contributed by atoms with Crippen LogP contribution in [0.3, 0.4) is 0 Å². The van der Waals surface area contributed by atoms with Gasteiger partial charge in [0.2, 0.25) is 0 Å². The molecule has 106 valence electrons. The lowest BCUT2D eigenvalue weighted by molar-refractivity contribution is 0.288. The number of rotatable bonds is 6. The standard InChI is InChI=1S/C16H17BrFNO/c1-19-8-7-13-9-14(17)16(15(18)10-13)20-11-12-5-3-2-4-6-12/h2-6,9-10,19H,7-8,11H2,1H3. The summed E-state index contributed by atoms with van der Waals surface area (Å²) in [4.78, 5) is 0. The third kappa shape index (κ3) is 4.05. The molecule has 2 aromatic carbocycles. The molecule has 2 aromatic rings. The molecular weight excluding hydrogens is 321 g/mol. The number of likely N-dealkylation sites (N-methyl/N-ethyl adjacent to an activating group) is 1. The first kappa shape index (κ1) is 15.0. The molecule has 0 saturated heterocycles. The minimum absolute atomic E-state index is 0.266. The second-order valence-corrected chi connectivity index (χ2v) is 5.37. The van der Waals surface area contributed by atoms with Gasteiger partial charge in [-0.15, -0.1) is 0 Å². The summed E-state index contributed by atoms with van der Waals surface area (Å²) < 4.78 is 20.3. The first-order valence-electron chi connectivity index (χ1n) is 6.50. The molecule has 0 aromatic heterocycles. The van der Waals surface area contributed by atoms with Gasteiger partial charge in [-0.3, -0.25) is 0 Å². The highest BCUT2D eigenvalue weighted by Gasteiger charge is 2.11. The van der Waals surface area contributed by atoms with Crippen LogP contribution in [0.4, 0.5) is 4.39 Å². The number of halogens is 2. The molecule has 0 spiro atoms. The minimum atomic E-state index is -0.332. The minimum Gasteiger partial charge on any atom is -0.485 e. The van der Waals surface area contributed by atoms with Crippen molar-refractivity contribution in [3.63, 3.8) is 0 Å². The average molecular weight is 338 g/mol. The molecule has 0 fully saturated rings. The number of hydrogen-bond donors (Lipinski definition) is 1. The third-order valence-corrected chi connectivity index (χ3v) is 3.54. The lowest BCUT2D eigenvalue weighted by Crippen LogP contribution is -2.10. The van der Waals surface area contributed by atoms with Crippen LogP contribution in [0, 0.1) is 5.82 Å². The predicted octanol–water partition coefficient (Wildman–Crippen LogP) is 3.93. The molecule has 0 aliphatic rings. The molecule has 0 amide bonds. The Morgan fingerprint density at radius 2 is 1.90 bits per heavy atom. The van der Waals surface area contributed by atoms with Gasteiger partial charge < -0.3 is 10.1 Å². The van der Waals surface area contributed by atoms with Crippen LogP contribution in [-0.4, -0.2) is 13.6 Å². The quantitative estimate of drug-likeness (QED) is 0.862. The Morgan fingerprint density at radius 3 is 2.55 bits per heavy atom. The first-order valence-corrected chi connectivity index (χ1v) is 7.29. The van der Waals surface area contributed by atoms with Crippen molar-refractivity contribution in [2.45, 2.75) is 13.0 Å². The Labute approximate surface area is 127 Å². The van der Waals surface area contributed by atoms with Gasteiger partial charge in [-0.2, -0.15) is 0 Å². The normalized spacial score (nSPS) is 10.6. The maximum absolute atomic E-state index is 14.1. The second-order valence-electron chi connectivity index (χ2n) is 4.52. The van der Waals surface area contributed by atoms with Gasteiger partial charge in [0.15, 0.2) is 11.6 Å². The molecule has 0 heterocycles. The zero-order valence-corrected chi connectivity index (χ0v) is 12.9. The van der Waals surface area contributed by atoms with Crippen molar-refractivity contribution >= 4 is 15.9 Å². The number of benzene rings is 2. The lowest BCUT2D eigenvalue weighted by atomic mass is 10.1. The summed E-state index contributed by atoms with van der Waals surface area (Å²) in [5.41, 5.74) is 1.95. The second kappa shape index (κ2) is 7.41. The van der Waals surface area contributed by atoms with Crippen LogP contribution in [0.5, 0.6) is 5.75 Å². The molecule has 0 aliphatic heterocycles. The van der Waals surface area contributed by atoms with E-state index in [9.17, 15) is 4.39 Å². The van der Waals surface area contributed by atoms with E-state index in [-0.39, 0.29) is 11.6 Å². The monoisotopic (exact) mass is 337 g/mol. The summed E-state index contributed by atoms with van der Waals surface area (Å²) in [6, 6.07) is 13.1. The number of ether oxygens (including phenoxy) is 1. The largest absolute Gasteiger partial charge is 0.485 e. The summed E-state index contributed by atoms with van der Waals surface area (Å²) in [6.45, 7) is 1.17. The molecule has 0 aliphatic carbocycles. The Balaban J connectivity index is 2.08. The lowest BCUT2D eigenvalue weighted by Gasteiger charge is -2.11. The predicted molar refractivity (Wildman–Crippen MR) is 82.5 cm³/mol. The van der Waals surface area contributed by atoms with Crippen molar-refractivity contribution in [2.75, 3.05) is 13.6 Å². The van der Waals surface area contributed by atoms with E-state index in [2.05, 4.69) is 21.2 Å². The van der Waals surface area contributed by atoms with Gasteiger partial charge in [0, 0.05) is 0 Å². The van der Waals surface area contributed by atoms with E-state index in [4.69, 9.17) is 4.74 Å². The maximum Gasteiger partial charge on any atom is 0.169 e. The van der Waals surface area contributed by atoms with Crippen LogP contribution in [0.1, 0.15) is 11.1 Å². The Bertz CT molecular complexity index is 537. The molecule has 4 heteroatoms. The van der Waals surface area contributed by atoms with Gasteiger partial charge >= 0.3 is 0 Å².